The maximum absolute atomic E-state index is 8.90. The minimum atomic E-state index is 0.267. The van der Waals surface area contributed by atoms with Gasteiger partial charge in [0.15, 0.2) is 0 Å². The van der Waals surface area contributed by atoms with Crippen molar-refractivity contribution in [1.29, 1.82) is 0 Å². The Morgan fingerprint density at radius 3 is 2.50 bits per heavy atom. The van der Waals surface area contributed by atoms with Crippen molar-refractivity contribution >= 4 is 0 Å². The minimum absolute atomic E-state index is 0.267. The van der Waals surface area contributed by atoms with Gasteiger partial charge in [-0.1, -0.05) is 6.92 Å². The van der Waals surface area contributed by atoms with Crippen LogP contribution in [0.5, 0.6) is 0 Å². The highest BCUT2D eigenvalue weighted by Gasteiger charge is 2.17. The molecule has 4 heteroatoms. The van der Waals surface area contributed by atoms with E-state index in [2.05, 4.69) is 49.7 Å². The van der Waals surface area contributed by atoms with Crippen molar-refractivity contribution in [3.63, 3.8) is 0 Å². The van der Waals surface area contributed by atoms with Crippen molar-refractivity contribution in [2.75, 3.05) is 13.2 Å². The number of nitrogens with one attached hydrogen (secondary N) is 1. The standard InChI is InChI=1S/C14H27N3O/c1-6-17-13(5)14(12(4)16-17)11(3)15-9-10(2)7-8-18/h10-11,15,18H,6-9H2,1-5H3. The topological polar surface area (TPSA) is 50.1 Å². The fraction of sp³-hybridized carbons (Fsp3) is 0.786. The van der Waals surface area contributed by atoms with Crippen LogP contribution in [0.4, 0.5) is 0 Å². The molecule has 1 rings (SSSR count). The van der Waals surface area contributed by atoms with Crippen LogP contribution in [-0.2, 0) is 6.54 Å². The third kappa shape index (κ3) is 3.56. The molecule has 0 bridgehead atoms. The fourth-order valence-corrected chi connectivity index (χ4v) is 2.45. The second-order valence-electron chi connectivity index (χ2n) is 5.15. The Labute approximate surface area is 110 Å². The first-order valence-corrected chi connectivity index (χ1v) is 6.89. The molecule has 2 N–H and O–H groups in total. The lowest BCUT2D eigenvalue weighted by Gasteiger charge is -2.18. The molecule has 0 fully saturated rings. The average Bonchev–Trinajstić information content (AvgIpc) is 2.61. The second-order valence-corrected chi connectivity index (χ2v) is 5.15. The average molecular weight is 253 g/mol. The Bertz CT molecular complexity index is 373. The van der Waals surface area contributed by atoms with Crippen LogP contribution in [0, 0.1) is 19.8 Å². The number of aryl methyl sites for hydroxylation is 2. The van der Waals surface area contributed by atoms with Gasteiger partial charge in [-0.15, -0.1) is 0 Å². The highest BCUT2D eigenvalue weighted by atomic mass is 16.3. The Balaban J connectivity index is 2.66. The van der Waals surface area contributed by atoms with Crippen LogP contribution >= 0.6 is 0 Å². The van der Waals surface area contributed by atoms with Crippen LogP contribution in [0.15, 0.2) is 0 Å². The lowest BCUT2D eigenvalue weighted by molar-refractivity contribution is 0.258. The van der Waals surface area contributed by atoms with Crippen molar-refractivity contribution < 1.29 is 5.11 Å². The molecule has 0 spiro atoms. The van der Waals surface area contributed by atoms with Crippen LogP contribution < -0.4 is 5.32 Å². The zero-order valence-corrected chi connectivity index (χ0v) is 12.3. The molecule has 0 aliphatic rings. The van der Waals surface area contributed by atoms with E-state index in [-0.39, 0.29) is 6.61 Å². The normalized spacial score (nSPS) is 14.8. The Morgan fingerprint density at radius 1 is 1.33 bits per heavy atom. The van der Waals surface area contributed by atoms with Gasteiger partial charge in [-0.25, -0.2) is 0 Å². The zero-order valence-electron chi connectivity index (χ0n) is 12.3. The van der Waals surface area contributed by atoms with E-state index in [1.54, 1.807) is 0 Å². The SMILES string of the molecule is CCn1nc(C)c(C(C)NCC(C)CCO)c1C. The first kappa shape index (κ1) is 15.2. The van der Waals surface area contributed by atoms with Crippen LogP contribution in [0.2, 0.25) is 0 Å². The molecule has 18 heavy (non-hydrogen) atoms. The fourth-order valence-electron chi connectivity index (χ4n) is 2.45. The molecular weight excluding hydrogens is 226 g/mol. The summed E-state index contributed by atoms with van der Waals surface area (Å²) in [5.74, 6) is 0.499. The highest BCUT2D eigenvalue weighted by Crippen LogP contribution is 2.21. The van der Waals surface area contributed by atoms with E-state index in [1.165, 1.54) is 11.3 Å². The summed E-state index contributed by atoms with van der Waals surface area (Å²) in [4.78, 5) is 0. The van der Waals surface area contributed by atoms with E-state index in [4.69, 9.17) is 5.11 Å². The molecule has 4 nitrogen and oxygen atoms in total. The monoisotopic (exact) mass is 253 g/mol. The van der Waals surface area contributed by atoms with Gasteiger partial charge in [0.25, 0.3) is 0 Å². The van der Waals surface area contributed by atoms with Crippen molar-refractivity contribution in [3.05, 3.63) is 17.0 Å². The van der Waals surface area contributed by atoms with Gasteiger partial charge in [-0.05, 0) is 46.6 Å². The van der Waals surface area contributed by atoms with Gasteiger partial charge < -0.3 is 10.4 Å². The van der Waals surface area contributed by atoms with E-state index in [0.29, 0.717) is 12.0 Å². The van der Waals surface area contributed by atoms with E-state index in [1.807, 2.05) is 0 Å². The molecule has 2 atom stereocenters. The molecule has 104 valence electrons. The third-order valence-corrected chi connectivity index (χ3v) is 3.56. The molecule has 2 unspecified atom stereocenters. The summed E-state index contributed by atoms with van der Waals surface area (Å²) in [6, 6.07) is 0.312. The molecular formula is C14H27N3O. The Kier molecular flexibility index (Phi) is 5.82. The third-order valence-electron chi connectivity index (χ3n) is 3.56. The van der Waals surface area contributed by atoms with E-state index >= 15 is 0 Å². The molecule has 0 aromatic carbocycles. The van der Waals surface area contributed by atoms with E-state index in [9.17, 15) is 0 Å². The molecule has 0 saturated heterocycles. The molecule has 0 saturated carbocycles. The van der Waals surface area contributed by atoms with Gasteiger partial charge in [0.05, 0.1) is 5.69 Å². The van der Waals surface area contributed by atoms with Gasteiger partial charge in [0.1, 0.15) is 0 Å². The summed E-state index contributed by atoms with van der Waals surface area (Å²) in [5.41, 5.74) is 3.68. The van der Waals surface area contributed by atoms with Gasteiger partial charge in [0, 0.05) is 30.5 Å². The summed E-state index contributed by atoms with van der Waals surface area (Å²) in [5, 5.41) is 17.0. The van der Waals surface area contributed by atoms with Gasteiger partial charge in [0.2, 0.25) is 0 Å². The summed E-state index contributed by atoms with van der Waals surface area (Å²) in [6.07, 6.45) is 0.853. The molecule has 1 aromatic rings. The number of aromatic nitrogens is 2. The van der Waals surface area contributed by atoms with Crippen molar-refractivity contribution in [2.24, 2.45) is 5.92 Å². The summed E-state index contributed by atoms with van der Waals surface area (Å²) >= 11 is 0. The Morgan fingerprint density at radius 2 is 2.00 bits per heavy atom. The number of hydrogen-bond acceptors (Lipinski definition) is 3. The number of hydrogen-bond donors (Lipinski definition) is 2. The van der Waals surface area contributed by atoms with E-state index in [0.717, 1.165) is 25.2 Å². The van der Waals surface area contributed by atoms with Crippen molar-refractivity contribution in [1.82, 2.24) is 15.1 Å². The van der Waals surface area contributed by atoms with Crippen LogP contribution in [0.1, 0.15) is 50.2 Å². The number of nitrogens with zero attached hydrogens (tertiary/aromatic N) is 2. The van der Waals surface area contributed by atoms with Crippen LogP contribution in [-0.4, -0.2) is 28.0 Å². The molecule has 0 radical (unpaired) electrons. The smallest absolute Gasteiger partial charge is 0.0644 e. The zero-order chi connectivity index (χ0) is 13.7. The maximum atomic E-state index is 8.90. The van der Waals surface area contributed by atoms with Crippen LogP contribution in [0.25, 0.3) is 0 Å². The largest absolute Gasteiger partial charge is 0.396 e. The number of aliphatic hydroxyl groups excluding tert-OH is 1. The first-order chi connectivity index (χ1) is 8.51. The van der Waals surface area contributed by atoms with Crippen molar-refractivity contribution in [2.45, 2.75) is 53.6 Å². The quantitative estimate of drug-likeness (QED) is 0.783. The lowest BCUT2D eigenvalue weighted by atomic mass is 10.0. The second kappa shape index (κ2) is 6.90. The Hall–Kier alpha value is -0.870. The summed E-state index contributed by atoms with van der Waals surface area (Å²) < 4.78 is 2.06. The minimum Gasteiger partial charge on any atom is -0.396 e. The van der Waals surface area contributed by atoms with Gasteiger partial charge in [-0.2, -0.15) is 5.10 Å². The summed E-state index contributed by atoms with van der Waals surface area (Å²) in [6.45, 7) is 12.8. The van der Waals surface area contributed by atoms with E-state index < -0.39 is 0 Å². The first-order valence-electron chi connectivity index (χ1n) is 6.89. The predicted octanol–water partition coefficient (Wildman–Crippen LogP) is 2.19. The number of rotatable bonds is 7. The molecule has 1 aromatic heterocycles. The highest BCUT2D eigenvalue weighted by molar-refractivity contribution is 5.27. The lowest BCUT2D eigenvalue weighted by Crippen LogP contribution is -2.25. The summed E-state index contributed by atoms with van der Waals surface area (Å²) in [7, 11) is 0. The molecule has 0 aliphatic heterocycles. The maximum Gasteiger partial charge on any atom is 0.0644 e. The molecule has 0 aliphatic carbocycles. The number of aliphatic hydroxyl groups is 1. The van der Waals surface area contributed by atoms with Gasteiger partial charge >= 0.3 is 0 Å². The predicted molar refractivity (Wildman–Crippen MR) is 74.7 cm³/mol. The van der Waals surface area contributed by atoms with Crippen LogP contribution in [0.3, 0.4) is 0 Å². The van der Waals surface area contributed by atoms with Crippen molar-refractivity contribution in [3.8, 4) is 0 Å². The molecule has 1 heterocycles. The molecule has 0 amide bonds. The van der Waals surface area contributed by atoms with Gasteiger partial charge in [-0.3, -0.25) is 4.68 Å².